The second-order valence-electron chi connectivity index (χ2n) is 19.1. The number of nitrogens with one attached hydrogen (secondary N) is 1. The monoisotopic (exact) mass is 923 g/mol. The molecule has 8 nitrogen and oxygen atoms in total. The van der Waals surface area contributed by atoms with Crippen LogP contribution in [0.25, 0.3) is 0 Å². The number of carbonyl (C=O) groups excluding carboxylic acids is 4. The van der Waals surface area contributed by atoms with Gasteiger partial charge in [-0.15, -0.1) is 0 Å². The summed E-state index contributed by atoms with van der Waals surface area (Å²) >= 11 is 1.42. The normalized spacial score (nSPS) is 12.3. The van der Waals surface area contributed by atoms with E-state index in [2.05, 4.69) is 26.1 Å². The van der Waals surface area contributed by atoms with Crippen LogP contribution in [0.5, 0.6) is 0 Å². The highest BCUT2D eigenvalue weighted by atomic mass is 32.2. The lowest BCUT2D eigenvalue weighted by Gasteiger charge is -2.20. The molecule has 3 N–H and O–H groups in total. The first-order valence-corrected chi connectivity index (χ1v) is 29.0. The van der Waals surface area contributed by atoms with Crippen LogP contribution in [0.15, 0.2) is 0 Å². The highest BCUT2D eigenvalue weighted by molar-refractivity contribution is 7.99. The maximum Gasteiger partial charge on any atom is 0.306 e. The summed E-state index contributed by atoms with van der Waals surface area (Å²) in [6.45, 7) is 6.62. The summed E-state index contributed by atoms with van der Waals surface area (Å²) in [5.41, 5.74) is 5.75. The molecule has 0 unspecified atom stereocenters. The third kappa shape index (κ3) is 45.5. The van der Waals surface area contributed by atoms with E-state index >= 15 is 0 Å². The van der Waals surface area contributed by atoms with Crippen LogP contribution in [0.3, 0.4) is 0 Å². The molecular weight excluding hydrogens is 817 g/mol. The molecule has 0 aliphatic rings. The molecule has 0 aromatic carbocycles. The van der Waals surface area contributed by atoms with E-state index < -0.39 is 12.1 Å². The van der Waals surface area contributed by atoms with Gasteiger partial charge < -0.3 is 20.5 Å². The summed E-state index contributed by atoms with van der Waals surface area (Å²) < 4.78 is 11.5. The van der Waals surface area contributed by atoms with E-state index in [0.717, 1.165) is 57.8 Å². The van der Waals surface area contributed by atoms with Gasteiger partial charge in [-0.2, -0.15) is 11.8 Å². The molecule has 0 rings (SSSR count). The minimum atomic E-state index is -0.704. The molecule has 0 bridgehead atoms. The maximum absolute atomic E-state index is 13.0. The van der Waals surface area contributed by atoms with Gasteiger partial charge in [0.1, 0.15) is 12.7 Å². The molecule has 378 valence electrons. The number of unbranched alkanes of at least 4 members (excludes halogenated alkanes) is 36. The number of thioether (sulfide) groups is 1. The van der Waals surface area contributed by atoms with E-state index in [9.17, 15) is 19.2 Å². The Labute approximate surface area is 400 Å². The van der Waals surface area contributed by atoms with Crippen molar-refractivity contribution >= 4 is 35.4 Å². The second kappa shape index (κ2) is 50.8. The topological polar surface area (TPSA) is 125 Å². The molecule has 0 saturated heterocycles. The van der Waals surface area contributed by atoms with Crippen molar-refractivity contribution in [1.29, 1.82) is 0 Å². The average molecular weight is 924 g/mol. The highest BCUT2D eigenvalue weighted by Crippen LogP contribution is 2.18. The summed E-state index contributed by atoms with van der Waals surface area (Å²) in [6, 6.07) is -0.704. The molecule has 0 heterocycles. The van der Waals surface area contributed by atoms with Crippen molar-refractivity contribution < 1.29 is 28.7 Å². The van der Waals surface area contributed by atoms with E-state index in [0.29, 0.717) is 30.8 Å². The summed E-state index contributed by atoms with van der Waals surface area (Å²) in [7, 11) is 0. The van der Waals surface area contributed by atoms with Gasteiger partial charge in [0.05, 0.1) is 12.6 Å². The zero-order chi connectivity index (χ0) is 46.8. The first kappa shape index (κ1) is 62.4. The lowest BCUT2D eigenvalue weighted by Crippen LogP contribution is -2.45. The number of nitrogens with two attached hydrogens (primary N) is 1. The predicted octanol–water partition coefficient (Wildman–Crippen LogP) is 15.6. The molecule has 0 spiro atoms. The van der Waals surface area contributed by atoms with Gasteiger partial charge in [0.15, 0.2) is 5.78 Å². The van der Waals surface area contributed by atoms with Gasteiger partial charge in [-0.05, 0) is 19.3 Å². The Balaban J connectivity index is 4.68. The second-order valence-corrected chi connectivity index (χ2v) is 20.2. The summed E-state index contributed by atoms with van der Waals surface area (Å²) in [5.74, 6) is -0.200. The number of carbonyl (C=O) groups is 4. The Morgan fingerprint density at radius 2 is 0.734 bits per heavy atom. The molecule has 0 aliphatic carbocycles. The summed E-state index contributed by atoms with van der Waals surface area (Å²) in [5, 5.41) is 2.92. The fraction of sp³-hybridized carbons (Fsp3) is 0.927. The molecular formula is C55H106N2O6S. The average Bonchev–Trinajstić information content (AvgIpc) is 3.29. The van der Waals surface area contributed by atoms with Gasteiger partial charge >= 0.3 is 11.9 Å². The van der Waals surface area contributed by atoms with Gasteiger partial charge in [0, 0.05) is 30.8 Å². The minimum absolute atomic E-state index is 0.00443. The molecule has 2 atom stereocenters. The van der Waals surface area contributed by atoms with Gasteiger partial charge in [-0.1, -0.05) is 252 Å². The molecule has 1 amide bonds. The number of Topliss-reactive ketones (excluding diaryl/α,β-unsaturated/α-hetero) is 1. The SMILES string of the molecule is CCCCCCCCCCCCCCCC(=O)N[C@@H](CSC[C@@H](COC(=O)CCCCCCCCCCCCCCC)OC(=O)CCCCCCCCCCCCCCC)C(=O)CN. The van der Waals surface area contributed by atoms with Crippen molar-refractivity contribution in [3.05, 3.63) is 0 Å². The van der Waals surface area contributed by atoms with Crippen LogP contribution in [0.2, 0.25) is 0 Å². The lowest BCUT2D eigenvalue weighted by atomic mass is 10.0. The number of amides is 1. The van der Waals surface area contributed by atoms with Crippen LogP contribution in [-0.4, -0.2) is 60.4 Å². The summed E-state index contributed by atoms with van der Waals surface area (Å²) in [4.78, 5) is 51.3. The van der Waals surface area contributed by atoms with Crippen LogP contribution in [0, 0.1) is 0 Å². The van der Waals surface area contributed by atoms with Crippen molar-refractivity contribution in [2.24, 2.45) is 5.73 Å². The van der Waals surface area contributed by atoms with Crippen molar-refractivity contribution in [3.8, 4) is 0 Å². The number of hydrogen-bond acceptors (Lipinski definition) is 8. The van der Waals surface area contributed by atoms with E-state index in [1.54, 1.807) is 0 Å². The minimum Gasteiger partial charge on any atom is -0.462 e. The van der Waals surface area contributed by atoms with E-state index in [1.807, 2.05) is 0 Å². The number of hydrogen-bond donors (Lipinski definition) is 2. The van der Waals surface area contributed by atoms with Crippen LogP contribution < -0.4 is 11.1 Å². The Morgan fingerprint density at radius 3 is 1.08 bits per heavy atom. The maximum atomic E-state index is 13.0. The van der Waals surface area contributed by atoms with Gasteiger partial charge in [0.2, 0.25) is 5.91 Å². The third-order valence-corrected chi connectivity index (χ3v) is 13.9. The smallest absolute Gasteiger partial charge is 0.306 e. The number of esters is 2. The zero-order valence-electron chi connectivity index (χ0n) is 42.6. The van der Waals surface area contributed by atoms with E-state index in [1.165, 1.54) is 204 Å². The summed E-state index contributed by atoms with van der Waals surface area (Å²) in [6.07, 6.45) is 49.0. The van der Waals surface area contributed by atoms with Crippen LogP contribution in [0.1, 0.15) is 290 Å². The van der Waals surface area contributed by atoms with E-state index in [4.69, 9.17) is 15.2 Å². The van der Waals surface area contributed by atoms with Gasteiger partial charge in [-0.25, -0.2) is 0 Å². The van der Waals surface area contributed by atoms with Crippen LogP contribution in [0.4, 0.5) is 0 Å². The number of rotatable bonds is 52. The number of ketones is 1. The molecule has 0 radical (unpaired) electrons. The molecule has 9 heteroatoms. The standard InChI is InChI=1S/C55H106N2O6S/c1-4-7-10-13-16-19-22-25-28-31-34-37-40-43-53(59)57-51(52(58)46-56)49-64-48-50(63-55(61)45-42-39-36-33-30-27-24-21-18-15-12-9-6-3)47-62-54(60)44-41-38-35-32-29-26-23-20-17-14-11-8-5-2/h50-51H,4-49,56H2,1-3H3,(H,57,59)/t50-,51+/m1/s1. The fourth-order valence-corrected chi connectivity index (χ4v) is 9.51. The molecule has 64 heavy (non-hydrogen) atoms. The lowest BCUT2D eigenvalue weighted by molar-refractivity contribution is -0.157. The number of ether oxygens (including phenoxy) is 2. The zero-order valence-corrected chi connectivity index (χ0v) is 43.4. The van der Waals surface area contributed by atoms with Crippen molar-refractivity contribution in [2.75, 3.05) is 24.7 Å². The van der Waals surface area contributed by atoms with E-state index in [-0.39, 0.29) is 36.8 Å². The Hall–Kier alpha value is -1.61. The van der Waals surface area contributed by atoms with Crippen LogP contribution in [-0.2, 0) is 28.7 Å². The highest BCUT2D eigenvalue weighted by Gasteiger charge is 2.22. The Bertz CT molecular complexity index is 1040. The van der Waals surface area contributed by atoms with Gasteiger partial charge in [0.25, 0.3) is 0 Å². The van der Waals surface area contributed by atoms with Crippen molar-refractivity contribution in [2.45, 2.75) is 303 Å². The largest absolute Gasteiger partial charge is 0.462 e. The molecule has 0 aromatic heterocycles. The van der Waals surface area contributed by atoms with Crippen molar-refractivity contribution in [1.82, 2.24) is 5.32 Å². The quantitative estimate of drug-likeness (QED) is 0.0456. The van der Waals surface area contributed by atoms with Crippen molar-refractivity contribution in [3.63, 3.8) is 0 Å². The van der Waals surface area contributed by atoms with Gasteiger partial charge in [-0.3, -0.25) is 19.2 Å². The van der Waals surface area contributed by atoms with Crippen LogP contribution >= 0.6 is 11.8 Å². The molecule has 0 saturated carbocycles. The predicted molar refractivity (Wildman–Crippen MR) is 275 cm³/mol. The first-order valence-electron chi connectivity index (χ1n) is 27.8. The molecule has 0 aliphatic heterocycles. The fourth-order valence-electron chi connectivity index (χ4n) is 8.44. The Kier molecular flexibility index (Phi) is 49.5. The first-order chi connectivity index (χ1) is 31.4. The molecule has 0 fully saturated rings. The molecule has 0 aromatic rings. The Morgan fingerprint density at radius 1 is 0.422 bits per heavy atom. The third-order valence-electron chi connectivity index (χ3n) is 12.7.